The minimum absolute atomic E-state index is 0.217. The van der Waals surface area contributed by atoms with E-state index in [4.69, 9.17) is 0 Å². The summed E-state index contributed by atoms with van der Waals surface area (Å²) in [5, 5.41) is 7.00. The Balaban J connectivity index is 1.75. The van der Waals surface area contributed by atoms with Gasteiger partial charge in [-0.3, -0.25) is 4.79 Å². The Kier molecular flexibility index (Phi) is 5.47. The maximum absolute atomic E-state index is 12.4. The first-order valence-electron chi connectivity index (χ1n) is 8.51. The van der Waals surface area contributed by atoms with Crippen molar-refractivity contribution in [1.29, 1.82) is 0 Å². The van der Waals surface area contributed by atoms with Gasteiger partial charge in [0.1, 0.15) is 17.8 Å². The normalized spacial score (nSPS) is 12.1. The second-order valence-electron chi connectivity index (χ2n) is 6.06. The summed E-state index contributed by atoms with van der Waals surface area (Å²) in [4.78, 5) is 24.1. The van der Waals surface area contributed by atoms with Crippen molar-refractivity contribution in [3.8, 4) is 0 Å². The molecule has 0 unspecified atom stereocenters. The van der Waals surface area contributed by atoms with Crippen molar-refractivity contribution in [2.75, 3.05) is 10.6 Å². The number of rotatable bonds is 6. The molecule has 0 bridgehead atoms. The fourth-order valence-corrected chi connectivity index (χ4v) is 2.58. The van der Waals surface area contributed by atoms with E-state index in [1.54, 1.807) is 6.08 Å². The number of amides is 1. The standard InChI is InChI=1S/C21H21N5O/c1-4-16(21(27)26-17-8-6-5-7-9-17)11-10-14(2)24-19-18-12-15(3)25-20(18)23-13-22-19/h4-13H,1H2,2-3H3,(H,26,27)(H2,22,23,24,25)/b14-10+,16-11+. The van der Waals surface area contributed by atoms with Crippen LogP contribution in [0.5, 0.6) is 0 Å². The maximum atomic E-state index is 12.4. The van der Waals surface area contributed by atoms with Gasteiger partial charge >= 0.3 is 0 Å². The van der Waals surface area contributed by atoms with Gasteiger partial charge in [0.25, 0.3) is 5.91 Å². The number of aryl methyl sites for hydroxylation is 1. The van der Waals surface area contributed by atoms with Crippen LogP contribution in [0.4, 0.5) is 11.5 Å². The molecule has 0 saturated carbocycles. The fourth-order valence-electron chi connectivity index (χ4n) is 2.58. The summed E-state index contributed by atoms with van der Waals surface area (Å²) in [5.74, 6) is 0.492. The highest BCUT2D eigenvalue weighted by molar-refractivity contribution is 6.05. The lowest BCUT2D eigenvalue weighted by atomic mass is 10.2. The molecule has 2 heterocycles. The first kappa shape index (κ1) is 18.1. The summed E-state index contributed by atoms with van der Waals surface area (Å²) in [7, 11) is 0. The average molecular weight is 359 g/mol. The van der Waals surface area contributed by atoms with E-state index in [0.717, 1.165) is 28.1 Å². The average Bonchev–Trinajstić information content (AvgIpc) is 3.04. The summed E-state index contributed by atoms with van der Waals surface area (Å²) in [6.07, 6.45) is 6.57. The highest BCUT2D eigenvalue weighted by Crippen LogP contribution is 2.21. The molecule has 0 aliphatic heterocycles. The number of para-hydroxylation sites is 1. The van der Waals surface area contributed by atoms with Crippen molar-refractivity contribution in [3.05, 3.63) is 84.5 Å². The number of hydrogen-bond acceptors (Lipinski definition) is 4. The molecule has 136 valence electrons. The first-order valence-corrected chi connectivity index (χ1v) is 8.51. The summed E-state index contributed by atoms with van der Waals surface area (Å²) < 4.78 is 0. The molecule has 1 aromatic carbocycles. The molecule has 3 aromatic rings. The van der Waals surface area contributed by atoms with E-state index in [-0.39, 0.29) is 5.91 Å². The molecule has 6 heteroatoms. The number of carbonyl (C=O) groups excluding carboxylic acids is 1. The van der Waals surface area contributed by atoms with Crippen molar-refractivity contribution < 1.29 is 4.79 Å². The molecule has 0 aliphatic carbocycles. The summed E-state index contributed by atoms with van der Waals surface area (Å²) >= 11 is 0. The van der Waals surface area contributed by atoms with Crippen LogP contribution < -0.4 is 10.6 Å². The number of H-pyrrole nitrogens is 1. The van der Waals surface area contributed by atoms with Crippen LogP contribution in [-0.2, 0) is 4.79 Å². The van der Waals surface area contributed by atoms with E-state index in [1.807, 2.05) is 56.3 Å². The van der Waals surface area contributed by atoms with Gasteiger partial charge in [-0.15, -0.1) is 0 Å². The lowest BCUT2D eigenvalue weighted by Crippen LogP contribution is -2.13. The smallest absolute Gasteiger partial charge is 0.255 e. The second kappa shape index (κ2) is 8.14. The van der Waals surface area contributed by atoms with E-state index in [2.05, 4.69) is 32.2 Å². The van der Waals surface area contributed by atoms with Crippen LogP contribution in [0, 0.1) is 6.92 Å². The largest absolute Gasteiger partial charge is 0.343 e. The van der Waals surface area contributed by atoms with Crippen LogP contribution in [0.25, 0.3) is 11.0 Å². The molecule has 3 N–H and O–H groups in total. The Hall–Kier alpha value is -3.67. The molecule has 0 radical (unpaired) electrons. The predicted molar refractivity (Wildman–Crippen MR) is 109 cm³/mol. The van der Waals surface area contributed by atoms with E-state index in [0.29, 0.717) is 11.4 Å². The Bertz CT molecular complexity index is 1030. The Morgan fingerprint density at radius 2 is 1.93 bits per heavy atom. The zero-order valence-electron chi connectivity index (χ0n) is 15.3. The summed E-state index contributed by atoms with van der Waals surface area (Å²) in [6, 6.07) is 11.3. The third-order valence-electron chi connectivity index (χ3n) is 3.90. The number of allylic oxidation sites excluding steroid dienone is 3. The molecular formula is C21H21N5O. The van der Waals surface area contributed by atoms with Gasteiger partial charge in [0, 0.05) is 22.7 Å². The van der Waals surface area contributed by atoms with E-state index < -0.39 is 0 Å². The zero-order valence-corrected chi connectivity index (χ0v) is 15.3. The first-order chi connectivity index (χ1) is 13.1. The third kappa shape index (κ3) is 4.49. The van der Waals surface area contributed by atoms with Gasteiger partial charge in [-0.2, -0.15) is 0 Å². The van der Waals surface area contributed by atoms with Crippen LogP contribution in [0.2, 0.25) is 0 Å². The third-order valence-corrected chi connectivity index (χ3v) is 3.90. The molecule has 0 fully saturated rings. The molecule has 2 aromatic heterocycles. The maximum Gasteiger partial charge on any atom is 0.255 e. The van der Waals surface area contributed by atoms with Crippen molar-refractivity contribution in [3.63, 3.8) is 0 Å². The lowest BCUT2D eigenvalue weighted by molar-refractivity contribution is -0.112. The molecule has 0 atom stereocenters. The fraction of sp³-hybridized carbons (Fsp3) is 0.0952. The lowest BCUT2D eigenvalue weighted by Gasteiger charge is -2.07. The van der Waals surface area contributed by atoms with Crippen molar-refractivity contribution in [2.45, 2.75) is 13.8 Å². The monoisotopic (exact) mass is 359 g/mol. The Morgan fingerprint density at radius 3 is 2.67 bits per heavy atom. The van der Waals surface area contributed by atoms with Crippen molar-refractivity contribution in [1.82, 2.24) is 15.0 Å². The van der Waals surface area contributed by atoms with Crippen LogP contribution in [0.3, 0.4) is 0 Å². The number of nitrogens with one attached hydrogen (secondary N) is 3. The molecule has 0 spiro atoms. The summed E-state index contributed by atoms with van der Waals surface area (Å²) in [6.45, 7) is 7.60. The number of benzene rings is 1. The van der Waals surface area contributed by atoms with Gasteiger partial charge in [0.05, 0.1) is 5.39 Å². The molecule has 3 rings (SSSR count). The minimum atomic E-state index is -0.217. The highest BCUT2D eigenvalue weighted by atomic mass is 16.1. The van der Waals surface area contributed by atoms with Crippen LogP contribution in [-0.4, -0.2) is 20.9 Å². The molecule has 6 nitrogen and oxygen atoms in total. The zero-order chi connectivity index (χ0) is 19.2. The van der Waals surface area contributed by atoms with Gasteiger partial charge < -0.3 is 15.6 Å². The summed E-state index contributed by atoms with van der Waals surface area (Å²) in [5.41, 5.74) is 3.83. The van der Waals surface area contributed by atoms with Gasteiger partial charge in [-0.1, -0.05) is 30.9 Å². The molecular weight excluding hydrogens is 338 g/mol. The van der Waals surface area contributed by atoms with Crippen LogP contribution >= 0.6 is 0 Å². The van der Waals surface area contributed by atoms with Crippen LogP contribution in [0.1, 0.15) is 12.6 Å². The van der Waals surface area contributed by atoms with Gasteiger partial charge in [-0.25, -0.2) is 9.97 Å². The number of hydrogen-bond donors (Lipinski definition) is 3. The number of aromatic amines is 1. The molecule has 1 amide bonds. The molecule has 0 saturated heterocycles. The van der Waals surface area contributed by atoms with E-state index in [9.17, 15) is 4.79 Å². The van der Waals surface area contributed by atoms with Crippen LogP contribution in [0.15, 0.2) is 78.8 Å². The van der Waals surface area contributed by atoms with E-state index in [1.165, 1.54) is 12.4 Å². The number of fused-ring (bicyclic) bond motifs is 1. The number of anilines is 2. The highest BCUT2D eigenvalue weighted by Gasteiger charge is 2.07. The van der Waals surface area contributed by atoms with Gasteiger partial charge in [0.2, 0.25) is 0 Å². The van der Waals surface area contributed by atoms with Gasteiger partial charge in [0.15, 0.2) is 0 Å². The van der Waals surface area contributed by atoms with Gasteiger partial charge in [-0.05, 0) is 44.2 Å². The number of aromatic nitrogens is 3. The quantitative estimate of drug-likeness (QED) is 0.452. The number of carbonyl (C=O) groups is 1. The molecule has 0 aliphatic rings. The topological polar surface area (TPSA) is 82.7 Å². The van der Waals surface area contributed by atoms with Crippen molar-refractivity contribution in [2.24, 2.45) is 0 Å². The Labute approximate surface area is 157 Å². The second-order valence-corrected chi connectivity index (χ2v) is 6.06. The van der Waals surface area contributed by atoms with Crippen molar-refractivity contribution >= 4 is 28.4 Å². The van der Waals surface area contributed by atoms with E-state index >= 15 is 0 Å². The minimum Gasteiger partial charge on any atom is -0.343 e. The number of nitrogens with zero attached hydrogens (tertiary/aromatic N) is 2. The predicted octanol–water partition coefficient (Wildman–Crippen LogP) is 4.33. The SMILES string of the molecule is C=C/C(=C\C=C(/C)Nc1ncnc2[nH]c(C)cc12)C(=O)Nc1ccccc1. The molecule has 27 heavy (non-hydrogen) atoms. The Morgan fingerprint density at radius 1 is 1.15 bits per heavy atom.